The van der Waals surface area contributed by atoms with E-state index in [4.69, 9.17) is 21.4 Å². The minimum Gasteiger partial charge on any atom is -0.481 e. The van der Waals surface area contributed by atoms with Crippen LogP contribution in [0.4, 0.5) is 13.2 Å². The topological polar surface area (TPSA) is 80.7 Å². The van der Waals surface area contributed by atoms with Crippen molar-refractivity contribution in [1.82, 2.24) is 0 Å². The predicted molar refractivity (Wildman–Crippen MR) is 92.1 cm³/mol. The molecule has 0 amide bonds. The first-order chi connectivity index (χ1) is 12.3. The molecule has 0 heterocycles. The van der Waals surface area contributed by atoms with E-state index in [0.29, 0.717) is 6.07 Å². The Labute approximate surface area is 158 Å². The van der Waals surface area contributed by atoms with Crippen LogP contribution in [0.1, 0.15) is 24.0 Å². The van der Waals surface area contributed by atoms with Crippen LogP contribution in [-0.2, 0) is 20.8 Å². The van der Waals surface area contributed by atoms with Gasteiger partial charge in [0.2, 0.25) is 0 Å². The van der Waals surface area contributed by atoms with E-state index in [1.807, 2.05) is 0 Å². The lowest BCUT2D eigenvalue weighted by Gasteiger charge is -2.18. The molecule has 0 aliphatic heterocycles. The van der Waals surface area contributed by atoms with Gasteiger partial charge in [-0.05, 0) is 37.3 Å². The molecule has 1 N–H and O–H groups in total. The van der Waals surface area contributed by atoms with E-state index in [9.17, 15) is 26.4 Å². The summed E-state index contributed by atoms with van der Waals surface area (Å²) in [6.45, 7) is 1.34. The number of halogens is 4. The van der Waals surface area contributed by atoms with Gasteiger partial charge in [0, 0.05) is 16.8 Å². The number of aliphatic carboxylic acids is 1. The Kier molecular flexibility index (Phi) is 5.77. The van der Waals surface area contributed by atoms with Gasteiger partial charge in [-0.3, -0.25) is 4.79 Å². The molecule has 0 saturated carbocycles. The van der Waals surface area contributed by atoms with Crippen LogP contribution in [0.15, 0.2) is 41.3 Å². The number of hydrogen-bond acceptors (Lipinski definition) is 4. The molecule has 5 nitrogen and oxygen atoms in total. The highest BCUT2D eigenvalue weighted by Crippen LogP contribution is 2.41. The lowest BCUT2D eigenvalue weighted by molar-refractivity contribution is -0.139. The quantitative estimate of drug-likeness (QED) is 0.752. The van der Waals surface area contributed by atoms with Crippen LogP contribution in [0.3, 0.4) is 0 Å². The van der Waals surface area contributed by atoms with Gasteiger partial charge in [0.1, 0.15) is 11.5 Å². The first kappa shape index (κ1) is 21.0. The highest BCUT2D eigenvalue weighted by atomic mass is 35.5. The molecule has 0 aliphatic rings. The molecule has 2 rings (SSSR count). The minimum absolute atomic E-state index is 0.118. The van der Waals surface area contributed by atoms with E-state index in [2.05, 4.69) is 0 Å². The van der Waals surface area contributed by atoms with Gasteiger partial charge in [0.15, 0.2) is 9.84 Å². The van der Waals surface area contributed by atoms with Gasteiger partial charge in [-0.2, -0.15) is 13.2 Å². The number of carbonyl (C=O) groups is 1. The summed E-state index contributed by atoms with van der Waals surface area (Å²) < 4.78 is 68.6. The third-order valence-corrected chi connectivity index (χ3v) is 5.06. The molecular formula is C17H14ClF3O5S. The SMILES string of the molecule is CC(C(=O)O)c1ccc(Cl)cc1Oc1ccc(S(C)(=O)=O)cc1C(F)(F)F. The molecule has 0 aromatic heterocycles. The summed E-state index contributed by atoms with van der Waals surface area (Å²) in [6, 6.07) is 6.24. The molecule has 0 aliphatic carbocycles. The van der Waals surface area contributed by atoms with Gasteiger partial charge in [-0.15, -0.1) is 0 Å². The monoisotopic (exact) mass is 422 g/mol. The molecule has 27 heavy (non-hydrogen) atoms. The van der Waals surface area contributed by atoms with Crippen molar-refractivity contribution in [3.05, 3.63) is 52.5 Å². The van der Waals surface area contributed by atoms with E-state index in [0.717, 1.165) is 18.4 Å². The van der Waals surface area contributed by atoms with Gasteiger partial charge in [-0.1, -0.05) is 17.7 Å². The average molecular weight is 423 g/mol. The van der Waals surface area contributed by atoms with Crippen molar-refractivity contribution in [2.24, 2.45) is 0 Å². The molecule has 1 unspecified atom stereocenters. The van der Waals surface area contributed by atoms with Crippen molar-refractivity contribution >= 4 is 27.4 Å². The molecule has 146 valence electrons. The third kappa shape index (κ3) is 4.92. The molecule has 0 radical (unpaired) electrons. The first-order valence-corrected chi connectivity index (χ1v) is 9.69. The standard InChI is InChI=1S/C17H14ClF3O5S/c1-9(16(22)23)12-5-3-10(18)7-15(12)26-14-6-4-11(27(2,24)25)8-13(14)17(19,20)21/h3-9H,1-2H3,(H,22,23). The lowest BCUT2D eigenvalue weighted by Crippen LogP contribution is -2.11. The van der Waals surface area contributed by atoms with Crippen LogP contribution >= 0.6 is 11.6 Å². The smallest absolute Gasteiger partial charge is 0.420 e. The largest absolute Gasteiger partial charge is 0.481 e. The average Bonchev–Trinajstić information content (AvgIpc) is 2.52. The van der Waals surface area contributed by atoms with Gasteiger partial charge >= 0.3 is 12.1 Å². The van der Waals surface area contributed by atoms with Crippen molar-refractivity contribution in [2.45, 2.75) is 23.9 Å². The second-order valence-electron chi connectivity index (χ2n) is 5.77. The summed E-state index contributed by atoms with van der Waals surface area (Å²) in [5.74, 6) is -3.11. The van der Waals surface area contributed by atoms with Crippen LogP contribution in [-0.4, -0.2) is 25.7 Å². The number of benzene rings is 2. The fourth-order valence-electron chi connectivity index (χ4n) is 2.26. The zero-order chi connectivity index (χ0) is 20.6. The maximum absolute atomic E-state index is 13.4. The number of alkyl halides is 3. The fourth-order valence-corrected chi connectivity index (χ4v) is 3.07. The van der Waals surface area contributed by atoms with Gasteiger partial charge in [0.25, 0.3) is 0 Å². The van der Waals surface area contributed by atoms with Crippen LogP contribution in [0, 0.1) is 0 Å². The maximum atomic E-state index is 13.4. The van der Waals surface area contributed by atoms with Crippen LogP contribution < -0.4 is 4.74 Å². The highest BCUT2D eigenvalue weighted by molar-refractivity contribution is 7.90. The van der Waals surface area contributed by atoms with Crippen molar-refractivity contribution in [2.75, 3.05) is 6.26 Å². The highest BCUT2D eigenvalue weighted by Gasteiger charge is 2.36. The Morgan fingerprint density at radius 1 is 1.15 bits per heavy atom. The molecule has 1 atom stereocenters. The van der Waals surface area contributed by atoms with Crippen LogP contribution in [0.25, 0.3) is 0 Å². The van der Waals surface area contributed by atoms with Gasteiger partial charge in [0.05, 0.1) is 16.4 Å². The Bertz CT molecular complexity index is 987. The van der Waals surface area contributed by atoms with Crippen molar-refractivity contribution in [1.29, 1.82) is 0 Å². The van der Waals surface area contributed by atoms with E-state index >= 15 is 0 Å². The van der Waals surface area contributed by atoms with Crippen molar-refractivity contribution in [3.63, 3.8) is 0 Å². The third-order valence-electron chi connectivity index (χ3n) is 3.72. The van der Waals surface area contributed by atoms with E-state index in [1.54, 1.807) is 0 Å². The first-order valence-electron chi connectivity index (χ1n) is 7.42. The summed E-state index contributed by atoms with van der Waals surface area (Å²) >= 11 is 5.85. The number of carboxylic acids is 1. The van der Waals surface area contributed by atoms with Crippen molar-refractivity contribution in [3.8, 4) is 11.5 Å². The van der Waals surface area contributed by atoms with Gasteiger partial charge < -0.3 is 9.84 Å². The van der Waals surface area contributed by atoms with E-state index in [1.165, 1.54) is 25.1 Å². The molecule has 2 aromatic rings. The molecule has 0 saturated heterocycles. The zero-order valence-corrected chi connectivity index (χ0v) is 15.6. The normalized spacial score (nSPS) is 13.3. The molecule has 0 spiro atoms. The second kappa shape index (κ2) is 7.40. The Balaban J connectivity index is 2.61. The number of sulfone groups is 1. The predicted octanol–water partition coefficient (Wildman–Crippen LogP) is 4.74. The van der Waals surface area contributed by atoms with Gasteiger partial charge in [-0.25, -0.2) is 8.42 Å². The molecule has 10 heteroatoms. The zero-order valence-electron chi connectivity index (χ0n) is 14.0. The molecule has 0 bridgehead atoms. The Morgan fingerprint density at radius 3 is 2.30 bits per heavy atom. The van der Waals surface area contributed by atoms with Crippen LogP contribution in [0.2, 0.25) is 5.02 Å². The Hall–Kier alpha value is -2.26. The molecular weight excluding hydrogens is 409 g/mol. The number of ether oxygens (including phenoxy) is 1. The minimum atomic E-state index is -4.90. The molecule has 0 fully saturated rings. The second-order valence-corrected chi connectivity index (χ2v) is 8.22. The summed E-state index contributed by atoms with van der Waals surface area (Å²) in [4.78, 5) is 10.7. The number of rotatable bonds is 5. The van der Waals surface area contributed by atoms with E-state index < -0.39 is 44.1 Å². The van der Waals surface area contributed by atoms with E-state index in [-0.39, 0.29) is 16.3 Å². The lowest BCUT2D eigenvalue weighted by atomic mass is 10.0. The van der Waals surface area contributed by atoms with Crippen LogP contribution in [0.5, 0.6) is 11.5 Å². The summed E-state index contributed by atoms with van der Waals surface area (Å²) in [5, 5.41) is 9.30. The van der Waals surface area contributed by atoms with Crippen molar-refractivity contribution < 1.29 is 36.2 Å². The number of carboxylic acid groups (broad SMARTS) is 1. The summed E-state index contributed by atoms with van der Waals surface area (Å²) in [5.41, 5.74) is -1.19. The summed E-state index contributed by atoms with van der Waals surface area (Å²) in [6.07, 6.45) is -4.11. The Morgan fingerprint density at radius 2 is 1.78 bits per heavy atom. The maximum Gasteiger partial charge on any atom is 0.420 e. The fraction of sp³-hybridized carbons (Fsp3) is 0.235. The summed E-state index contributed by atoms with van der Waals surface area (Å²) in [7, 11) is -3.87. The molecule has 2 aromatic carbocycles. The number of hydrogen-bond donors (Lipinski definition) is 1.